The van der Waals surface area contributed by atoms with Gasteiger partial charge in [-0.25, -0.2) is 13.9 Å². The van der Waals surface area contributed by atoms with Gasteiger partial charge in [-0.1, -0.05) is 25.1 Å². The molecule has 6 heteroatoms. The molecule has 1 N–H and O–H groups in total. The molecule has 100 valence electrons. The van der Waals surface area contributed by atoms with Crippen molar-refractivity contribution in [3.63, 3.8) is 0 Å². The number of nitrogens with zero attached hydrogens (tertiary/aromatic N) is 3. The topological polar surface area (TPSA) is 68.0 Å². The van der Waals surface area contributed by atoms with Crippen LogP contribution < -0.4 is 0 Å². The first-order chi connectivity index (χ1) is 8.91. The molecule has 0 unspecified atom stereocenters. The molecule has 1 heterocycles. The molecule has 0 aliphatic carbocycles. The lowest BCUT2D eigenvalue weighted by Crippen LogP contribution is -2.09. The van der Waals surface area contributed by atoms with Crippen LogP contribution in [0.25, 0.3) is 5.69 Å². The van der Waals surface area contributed by atoms with Crippen molar-refractivity contribution >= 4 is 5.97 Å². The Morgan fingerprint density at radius 3 is 2.68 bits per heavy atom. The highest BCUT2D eigenvalue weighted by Gasteiger charge is 2.23. The fourth-order valence-electron chi connectivity index (χ4n) is 1.95. The van der Waals surface area contributed by atoms with Gasteiger partial charge in [-0.05, 0) is 30.5 Å². The van der Waals surface area contributed by atoms with E-state index in [0.29, 0.717) is 11.4 Å². The second-order valence-corrected chi connectivity index (χ2v) is 4.63. The number of aromatic nitrogens is 3. The number of carboxylic acid groups (broad SMARTS) is 1. The van der Waals surface area contributed by atoms with Gasteiger partial charge < -0.3 is 5.11 Å². The van der Waals surface area contributed by atoms with Crippen LogP contribution in [-0.4, -0.2) is 26.1 Å². The number of carboxylic acids is 1. The SMILES string of the molecule is Cc1ccc(F)cc1-n1nnc(C(=O)O)c1C(C)C. The molecule has 1 aromatic carbocycles. The van der Waals surface area contributed by atoms with E-state index in [4.69, 9.17) is 5.11 Å². The Bertz CT molecular complexity index is 635. The molecule has 0 amide bonds. The molecule has 0 aliphatic rings. The minimum absolute atomic E-state index is 0.0937. The quantitative estimate of drug-likeness (QED) is 0.924. The van der Waals surface area contributed by atoms with Gasteiger partial charge in [-0.2, -0.15) is 0 Å². The summed E-state index contributed by atoms with van der Waals surface area (Å²) in [4.78, 5) is 11.1. The van der Waals surface area contributed by atoms with Crippen LogP contribution in [0.5, 0.6) is 0 Å². The molecule has 0 saturated heterocycles. The summed E-state index contributed by atoms with van der Waals surface area (Å²) in [6, 6.07) is 4.29. The van der Waals surface area contributed by atoms with Crippen LogP contribution in [0.1, 0.15) is 41.5 Å². The van der Waals surface area contributed by atoms with E-state index in [1.165, 1.54) is 16.8 Å². The zero-order valence-electron chi connectivity index (χ0n) is 10.9. The molecular formula is C13H14FN3O2. The highest BCUT2D eigenvalue weighted by Crippen LogP contribution is 2.23. The zero-order valence-corrected chi connectivity index (χ0v) is 10.9. The first-order valence-corrected chi connectivity index (χ1v) is 5.87. The van der Waals surface area contributed by atoms with Crippen LogP contribution in [-0.2, 0) is 0 Å². The lowest BCUT2D eigenvalue weighted by Gasteiger charge is -2.12. The molecule has 0 radical (unpaired) electrons. The molecule has 0 aliphatic heterocycles. The van der Waals surface area contributed by atoms with Crippen molar-refractivity contribution in [3.8, 4) is 5.69 Å². The van der Waals surface area contributed by atoms with Gasteiger partial charge in [0.15, 0.2) is 5.69 Å². The van der Waals surface area contributed by atoms with Crippen LogP contribution in [0.4, 0.5) is 4.39 Å². The van der Waals surface area contributed by atoms with Gasteiger partial charge in [0.1, 0.15) is 5.82 Å². The second-order valence-electron chi connectivity index (χ2n) is 4.63. The van der Waals surface area contributed by atoms with Gasteiger partial charge in [-0.3, -0.25) is 0 Å². The van der Waals surface area contributed by atoms with Crippen molar-refractivity contribution in [3.05, 3.63) is 41.0 Å². The average Bonchev–Trinajstić information content (AvgIpc) is 2.76. The number of carbonyl (C=O) groups is 1. The number of hydrogen-bond acceptors (Lipinski definition) is 3. The lowest BCUT2D eigenvalue weighted by atomic mass is 10.1. The Morgan fingerprint density at radius 1 is 1.42 bits per heavy atom. The standard InChI is InChI=1S/C13H14FN3O2/c1-7(2)12-11(13(18)19)15-16-17(12)10-6-9(14)5-4-8(10)3/h4-7H,1-3H3,(H,18,19). The van der Waals surface area contributed by atoms with Gasteiger partial charge in [0.25, 0.3) is 0 Å². The Balaban J connectivity index is 2.69. The molecule has 2 rings (SSSR count). The summed E-state index contributed by atoms with van der Waals surface area (Å²) < 4.78 is 14.7. The van der Waals surface area contributed by atoms with E-state index in [9.17, 15) is 9.18 Å². The summed E-state index contributed by atoms with van der Waals surface area (Å²) in [5.41, 5.74) is 1.66. The monoisotopic (exact) mass is 263 g/mol. The minimum Gasteiger partial charge on any atom is -0.476 e. The molecule has 19 heavy (non-hydrogen) atoms. The first-order valence-electron chi connectivity index (χ1n) is 5.87. The largest absolute Gasteiger partial charge is 0.476 e. The van der Waals surface area contributed by atoms with Crippen LogP contribution in [0, 0.1) is 12.7 Å². The molecule has 1 aromatic heterocycles. The molecule has 0 fully saturated rings. The first kappa shape index (κ1) is 13.2. The number of benzene rings is 1. The number of halogens is 1. The van der Waals surface area contributed by atoms with Crippen LogP contribution in [0.15, 0.2) is 18.2 Å². The summed E-state index contributed by atoms with van der Waals surface area (Å²) in [6.07, 6.45) is 0. The van der Waals surface area contributed by atoms with Gasteiger partial charge >= 0.3 is 5.97 Å². The van der Waals surface area contributed by atoms with Gasteiger partial charge in [-0.15, -0.1) is 5.10 Å². The Kier molecular flexibility index (Phi) is 3.33. The highest BCUT2D eigenvalue weighted by atomic mass is 19.1. The summed E-state index contributed by atoms with van der Waals surface area (Å²) in [5.74, 6) is -1.63. The summed E-state index contributed by atoms with van der Waals surface area (Å²) >= 11 is 0. The maximum atomic E-state index is 13.4. The van der Waals surface area contributed by atoms with Crippen molar-refractivity contribution in [1.82, 2.24) is 15.0 Å². The molecule has 0 bridgehead atoms. The van der Waals surface area contributed by atoms with Gasteiger partial charge in [0.05, 0.1) is 11.4 Å². The fraction of sp³-hybridized carbons (Fsp3) is 0.308. The third-order valence-corrected chi connectivity index (χ3v) is 2.85. The predicted molar refractivity (Wildman–Crippen MR) is 67.1 cm³/mol. The molecule has 0 saturated carbocycles. The third-order valence-electron chi connectivity index (χ3n) is 2.85. The normalized spacial score (nSPS) is 11.0. The van der Waals surface area contributed by atoms with E-state index in [2.05, 4.69) is 10.3 Å². The third kappa shape index (κ3) is 2.33. The minimum atomic E-state index is -1.14. The molecule has 0 atom stereocenters. The second kappa shape index (κ2) is 4.79. The van der Waals surface area contributed by atoms with Crippen molar-refractivity contribution < 1.29 is 14.3 Å². The van der Waals surface area contributed by atoms with E-state index in [1.807, 2.05) is 13.8 Å². The molecule has 0 spiro atoms. The van der Waals surface area contributed by atoms with Gasteiger partial charge in [0.2, 0.25) is 0 Å². The number of hydrogen-bond donors (Lipinski definition) is 1. The van der Waals surface area contributed by atoms with Gasteiger partial charge in [0, 0.05) is 0 Å². The smallest absolute Gasteiger partial charge is 0.358 e. The Hall–Kier alpha value is -2.24. The Morgan fingerprint density at radius 2 is 2.11 bits per heavy atom. The maximum Gasteiger partial charge on any atom is 0.358 e. The van der Waals surface area contributed by atoms with E-state index >= 15 is 0 Å². The van der Waals surface area contributed by atoms with Crippen LogP contribution in [0.3, 0.4) is 0 Å². The summed E-state index contributed by atoms with van der Waals surface area (Å²) in [6.45, 7) is 5.49. The van der Waals surface area contributed by atoms with Crippen LogP contribution >= 0.6 is 0 Å². The fourth-order valence-corrected chi connectivity index (χ4v) is 1.95. The lowest BCUT2D eigenvalue weighted by molar-refractivity contribution is 0.0688. The number of rotatable bonds is 3. The summed E-state index contributed by atoms with van der Waals surface area (Å²) in [5, 5.41) is 16.6. The van der Waals surface area contributed by atoms with E-state index in [1.54, 1.807) is 13.0 Å². The predicted octanol–water partition coefficient (Wildman–Crippen LogP) is 2.54. The summed E-state index contributed by atoms with van der Waals surface area (Å²) in [7, 11) is 0. The molecular weight excluding hydrogens is 249 g/mol. The average molecular weight is 263 g/mol. The van der Waals surface area contributed by atoms with Crippen molar-refractivity contribution in [1.29, 1.82) is 0 Å². The van der Waals surface area contributed by atoms with Crippen molar-refractivity contribution in [2.75, 3.05) is 0 Å². The van der Waals surface area contributed by atoms with E-state index < -0.39 is 11.8 Å². The van der Waals surface area contributed by atoms with E-state index in [0.717, 1.165) is 5.56 Å². The zero-order chi connectivity index (χ0) is 14.2. The molecule has 2 aromatic rings. The van der Waals surface area contributed by atoms with Crippen LogP contribution in [0.2, 0.25) is 0 Å². The number of aromatic carboxylic acids is 1. The molecule has 5 nitrogen and oxygen atoms in total. The highest BCUT2D eigenvalue weighted by molar-refractivity contribution is 5.86. The van der Waals surface area contributed by atoms with E-state index in [-0.39, 0.29) is 11.6 Å². The maximum absolute atomic E-state index is 13.4. The van der Waals surface area contributed by atoms with Crippen molar-refractivity contribution in [2.24, 2.45) is 0 Å². The Labute approximate surface area is 109 Å². The van der Waals surface area contributed by atoms with Crippen molar-refractivity contribution in [2.45, 2.75) is 26.7 Å². The number of aryl methyl sites for hydroxylation is 1.